The first-order valence-electron chi connectivity index (χ1n) is 7.79. The molecule has 2 rings (SSSR count). The predicted octanol–water partition coefficient (Wildman–Crippen LogP) is -0.0533. The van der Waals surface area contributed by atoms with Crippen molar-refractivity contribution >= 4 is 15.9 Å². The fourth-order valence-corrected chi connectivity index (χ4v) is 3.90. The Morgan fingerprint density at radius 3 is 2.76 bits per heavy atom. The van der Waals surface area contributed by atoms with Crippen molar-refractivity contribution in [1.82, 2.24) is 15.1 Å². The maximum absolute atomic E-state index is 12.7. The van der Waals surface area contributed by atoms with Crippen LogP contribution < -0.4 is 15.5 Å². The van der Waals surface area contributed by atoms with Crippen LogP contribution in [-0.2, 0) is 14.8 Å². The van der Waals surface area contributed by atoms with Crippen molar-refractivity contribution in [3.8, 4) is 17.6 Å². The Morgan fingerprint density at radius 2 is 2.12 bits per heavy atom. The molecule has 0 aromatic heterocycles. The average molecular weight is 367 g/mol. The minimum atomic E-state index is -3.67. The van der Waals surface area contributed by atoms with Crippen LogP contribution in [0.3, 0.4) is 0 Å². The molecule has 1 aliphatic heterocycles. The average Bonchev–Trinajstić information content (AvgIpc) is 2.88. The molecule has 1 unspecified atom stereocenters. The van der Waals surface area contributed by atoms with Crippen molar-refractivity contribution in [1.29, 1.82) is 0 Å². The number of ether oxygens (including phenoxy) is 1. The molecule has 1 aromatic rings. The van der Waals surface area contributed by atoms with Crippen LogP contribution in [0.4, 0.5) is 0 Å². The highest BCUT2D eigenvalue weighted by molar-refractivity contribution is 7.89. The Labute approximate surface area is 147 Å². The summed E-state index contributed by atoms with van der Waals surface area (Å²) in [5, 5.41) is 11.6. The molecule has 3 N–H and O–H groups in total. The number of hydrogen-bond acceptors (Lipinski definition) is 6. The van der Waals surface area contributed by atoms with Gasteiger partial charge in [-0.2, -0.15) is 4.31 Å². The number of carbonyl (C=O) groups excluding carboxylic acids is 1. The van der Waals surface area contributed by atoms with Crippen molar-refractivity contribution in [3.05, 3.63) is 24.3 Å². The van der Waals surface area contributed by atoms with E-state index in [9.17, 15) is 13.2 Å². The fraction of sp³-hybridized carbons (Fsp3) is 0.438. The van der Waals surface area contributed by atoms with Crippen LogP contribution in [0, 0.1) is 11.8 Å². The number of sulfonamides is 1. The summed E-state index contributed by atoms with van der Waals surface area (Å²) < 4.78 is 32.2. The lowest BCUT2D eigenvalue weighted by Crippen LogP contribution is -2.43. The van der Waals surface area contributed by atoms with Crippen LogP contribution in [0.5, 0.6) is 5.75 Å². The van der Waals surface area contributed by atoms with E-state index < -0.39 is 22.0 Å². The van der Waals surface area contributed by atoms with Gasteiger partial charge in [0.1, 0.15) is 12.4 Å². The molecular formula is C16H21N3O5S. The summed E-state index contributed by atoms with van der Waals surface area (Å²) in [6, 6.07) is 5.52. The van der Waals surface area contributed by atoms with Crippen LogP contribution in [0.2, 0.25) is 0 Å². The number of benzene rings is 1. The monoisotopic (exact) mass is 367 g/mol. The van der Waals surface area contributed by atoms with Gasteiger partial charge in [-0.25, -0.2) is 13.9 Å². The molecule has 0 bridgehead atoms. The normalized spacial score (nSPS) is 18.6. The summed E-state index contributed by atoms with van der Waals surface area (Å²) in [5.74, 6) is 5.44. The highest BCUT2D eigenvalue weighted by atomic mass is 32.2. The third-order valence-electron chi connectivity index (χ3n) is 3.80. The van der Waals surface area contributed by atoms with E-state index in [0.717, 1.165) is 0 Å². The summed E-state index contributed by atoms with van der Waals surface area (Å²) in [6.45, 7) is 2.69. The summed E-state index contributed by atoms with van der Waals surface area (Å²) in [4.78, 5) is 11.6. The molecule has 0 spiro atoms. The number of hydroxylamine groups is 1. The van der Waals surface area contributed by atoms with Crippen LogP contribution in [-0.4, -0.2) is 56.1 Å². The standard InChI is InChI=1S/C16H21N3O5S/c1-2-3-12-24-13-4-6-14(7-5-13)25(22,23)19-10-8-15(16(20)18-21)17-9-11-19/h4-7,15,17,21H,8-12H2,1H3,(H,18,20). The molecule has 8 nitrogen and oxygen atoms in total. The molecule has 1 aromatic carbocycles. The quantitative estimate of drug-likeness (QED) is 0.383. The van der Waals surface area contributed by atoms with Crippen molar-refractivity contribution in [2.45, 2.75) is 24.3 Å². The topological polar surface area (TPSA) is 108 Å². The van der Waals surface area contributed by atoms with E-state index in [1.807, 2.05) is 0 Å². The lowest BCUT2D eigenvalue weighted by atomic mass is 10.2. The maximum atomic E-state index is 12.7. The number of rotatable bonds is 5. The molecule has 136 valence electrons. The number of nitrogens with zero attached hydrogens (tertiary/aromatic N) is 1. The van der Waals surface area contributed by atoms with Crippen LogP contribution >= 0.6 is 0 Å². The van der Waals surface area contributed by atoms with Gasteiger partial charge in [-0.1, -0.05) is 5.92 Å². The van der Waals surface area contributed by atoms with Crippen molar-refractivity contribution in [3.63, 3.8) is 0 Å². The van der Waals surface area contributed by atoms with Gasteiger partial charge in [0.2, 0.25) is 10.0 Å². The minimum Gasteiger partial charge on any atom is -0.481 e. The summed E-state index contributed by atoms with van der Waals surface area (Å²) >= 11 is 0. The number of nitrogens with one attached hydrogen (secondary N) is 2. The van der Waals surface area contributed by atoms with Gasteiger partial charge in [0, 0.05) is 19.6 Å². The zero-order valence-electron chi connectivity index (χ0n) is 13.9. The van der Waals surface area contributed by atoms with E-state index in [1.165, 1.54) is 16.4 Å². The summed E-state index contributed by atoms with van der Waals surface area (Å²) in [6.07, 6.45) is 0.266. The second-order valence-electron chi connectivity index (χ2n) is 5.36. The first kappa shape index (κ1) is 19.2. The largest absolute Gasteiger partial charge is 0.481 e. The van der Waals surface area contributed by atoms with Crippen molar-refractivity contribution < 1.29 is 23.2 Å². The molecule has 1 aliphatic rings. The minimum absolute atomic E-state index is 0.159. The molecule has 1 saturated heterocycles. The van der Waals surface area contributed by atoms with E-state index in [1.54, 1.807) is 24.5 Å². The van der Waals surface area contributed by atoms with Crippen molar-refractivity contribution in [2.24, 2.45) is 0 Å². The van der Waals surface area contributed by atoms with E-state index in [0.29, 0.717) is 12.3 Å². The highest BCUT2D eigenvalue weighted by Gasteiger charge is 2.29. The maximum Gasteiger partial charge on any atom is 0.260 e. The van der Waals surface area contributed by atoms with Gasteiger partial charge >= 0.3 is 0 Å². The molecule has 25 heavy (non-hydrogen) atoms. The number of amides is 1. The van der Waals surface area contributed by atoms with Crippen LogP contribution in [0.15, 0.2) is 29.2 Å². The van der Waals surface area contributed by atoms with Gasteiger partial charge in [-0.05, 0) is 37.6 Å². The van der Waals surface area contributed by atoms with Gasteiger partial charge in [0.15, 0.2) is 0 Å². The third kappa shape index (κ3) is 4.93. The van der Waals surface area contributed by atoms with E-state index in [4.69, 9.17) is 9.94 Å². The lowest BCUT2D eigenvalue weighted by Gasteiger charge is -2.19. The van der Waals surface area contributed by atoms with Crippen LogP contribution in [0.25, 0.3) is 0 Å². The molecule has 1 atom stereocenters. The van der Waals surface area contributed by atoms with Crippen LogP contribution in [0.1, 0.15) is 13.3 Å². The van der Waals surface area contributed by atoms with E-state index in [-0.39, 0.29) is 31.0 Å². The Balaban J connectivity index is 2.07. The number of hydrogen-bond donors (Lipinski definition) is 3. The highest BCUT2D eigenvalue weighted by Crippen LogP contribution is 2.20. The lowest BCUT2D eigenvalue weighted by molar-refractivity contribution is -0.131. The van der Waals surface area contributed by atoms with Crippen molar-refractivity contribution in [2.75, 3.05) is 26.2 Å². The van der Waals surface area contributed by atoms with E-state index >= 15 is 0 Å². The smallest absolute Gasteiger partial charge is 0.260 e. The van der Waals surface area contributed by atoms with Gasteiger partial charge in [0.05, 0.1) is 10.9 Å². The predicted molar refractivity (Wildman–Crippen MR) is 90.5 cm³/mol. The third-order valence-corrected chi connectivity index (χ3v) is 5.71. The molecule has 9 heteroatoms. The van der Waals surface area contributed by atoms with Gasteiger partial charge in [-0.15, -0.1) is 5.92 Å². The zero-order valence-corrected chi connectivity index (χ0v) is 14.7. The van der Waals surface area contributed by atoms with Gasteiger partial charge in [-0.3, -0.25) is 10.0 Å². The molecule has 1 amide bonds. The Bertz CT molecular complexity index is 752. The Hall–Kier alpha value is -2.12. The second-order valence-corrected chi connectivity index (χ2v) is 7.30. The SMILES string of the molecule is CC#CCOc1ccc(S(=O)(=O)N2CCNC(C(=O)NO)CC2)cc1. The number of carbonyl (C=O) groups is 1. The first-order chi connectivity index (χ1) is 12.0. The molecule has 0 radical (unpaired) electrons. The Kier molecular flexibility index (Phi) is 6.78. The Morgan fingerprint density at radius 1 is 1.40 bits per heavy atom. The molecule has 0 aliphatic carbocycles. The van der Waals surface area contributed by atoms with Gasteiger partial charge < -0.3 is 10.1 Å². The fourth-order valence-electron chi connectivity index (χ4n) is 2.44. The summed E-state index contributed by atoms with van der Waals surface area (Å²) in [5.41, 5.74) is 1.58. The molecule has 0 saturated carbocycles. The molecule has 1 fully saturated rings. The van der Waals surface area contributed by atoms with Gasteiger partial charge in [0.25, 0.3) is 5.91 Å². The zero-order chi connectivity index (χ0) is 18.3. The van der Waals surface area contributed by atoms with E-state index in [2.05, 4.69) is 17.2 Å². The molecule has 1 heterocycles. The summed E-state index contributed by atoms with van der Waals surface area (Å²) in [7, 11) is -3.67. The molecular weight excluding hydrogens is 346 g/mol. The second kappa shape index (κ2) is 8.82. The first-order valence-corrected chi connectivity index (χ1v) is 9.23.